The third kappa shape index (κ3) is 1.59. The normalized spacial score (nSPS) is 13.8. The average Bonchev–Trinajstić information content (AvgIpc) is 2.63. The van der Waals surface area contributed by atoms with Gasteiger partial charge in [-0.1, -0.05) is 11.6 Å². The van der Waals surface area contributed by atoms with E-state index in [0.29, 0.717) is 16.8 Å². The second-order valence-electron chi connectivity index (χ2n) is 4.41. The second kappa shape index (κ2) is 3.91. The highest BCUT2D eigenvalue weighted by molar-refractivity contribution is 6.34. The SMILES string of the molecule is Cc1ccc2c(c1)C(=O)N(c1ncccc1N)C2=O. The number of rotatable bonds is 1. The molecule has 1 aromatic carbocycles. The molecule has 0 atom stereocenters. The summed E-state index contributed by atoms with van der Waals surface area (Å²) in [5.74, 6) is -0.578. The van der Waals surface area contributed by atoms with Crippen LogP contribution in [0.3, 0.4) is 0 Å². The summed E-state index contributed by atoms with van der Waals surface area (Å²) in [5, 5.41) is 0. The second-order valence-corrected chi connectivity index (χ2v) is 4.41. The van der Waals surface area contributed by atoms with E-state index in [1.165, 1.54) is 6.20 Å². The third-order valence-electron chi connectivity index (χ3n) is 3.07. The van der Waals surface area contributed by atoms with Gasteiger partial charge < -0.3 is 5.73 Å². The molecule has 94 valence electrons. The molecule has 2 N–H and O–H groups in total. The van der Waals surface area contributed by atoms with Crippen LogP contribution in [0.15, 0.2) is 36.5 Å². The Balaban J connectivity index is 2.16. The number of nitrogens with zero attached hydrogens (tertiary/aromatic N) is 2. The Hall–Kier alpha value is -2.69. The molecule has 2 amide bonds. The highest BCUT2D eigenvalue weighted by Gasteiger charge is 2.38. The first-order valence-electron chi connectivity index (χ1n) is 5.79. The molecule has 0 saturated carbocycles. The zero-order valence-electron chi connectivity index (χ0n) is 10.3. The molecule has 5 nitrogen and oxygen atoms in total. The van der Waals surface area contributed by atoms with Crippen LogP contribution in [-0.4, -0.2) is 16.8 Å². The van der Waals surface area contributed by atoms with Gasteiger partial charge in [0.25, 0.3) is 11.8 Å². The van der Waals surface area contributed by atoms with Crippen molar-refractivity contribution >= 4 is 23.3 Å². The number of carbonyl (C=O) groups excluding carboxylic acids is 2. The van der Waals surface area contributed by atoms with E-state index in [9.17, 15) is 9.59 Å². The maximum absolute atomic E-state index is 12.3. The van der Waals surface area contributed by atoms with Crippen molar-refractivity contribution in [2.24, 2.45) is 0 Å². The number of benzene rings is 1. The summed E-state index contributed by atoms with van der Waals surface area (Å²) >= 11 is 0. The lowest BCUT2D eigenvalue weighted by molar-refractivity contribution is 0.0925. The number of imide groups is 1. The highest BCUT2D eigenvalue weighted by Crippen LogP contribution is 2.30. The summed E-state index contributed by atoms with van der Waals surface area (Å²) in [6, 6.07) is 8.42. The summed E-state index contributed by atoms with van der Waals surface area (Å²) in [4.78, 5) is 29.7. The van der Waals surface area contributed by atoms with Crippen LogP contribution in [-0.2, 0) is 0 Å². The molecule has 0 saturated heterocycles. The molecule has 2 aromatic rings. The Morgan fingerprint density at radius 3 is 2.58 bits per heavy atom. The van der Waals surface area contributed by atoms with Crippen LogP contribution in [0.4, 0.5) is 11.5 Å². The first-order valence-corrected chi connectivity index (χ1v) is 5.79. The summed E-state index contributed by atoms with van der Waals surface area (Å²) in [6.07, 6.45) is 1.50. The molecule has 1 aromatic heterocycles. The molecule has 19 heavy (non-hydrogen) atoms. The molecule has 0 bridgehead atoms. The van der Waals surface area contributed by atoms with E-state index in [4.69, 9.17) is 5.73 Å². The number of fused-ring (bicyclic) bond motifs is 1. The van der Waals surface area contributed by atoms with Gasteiger partial charge in [-0.15, -0.1) is 0 Å². The zero-order chi connectivity index (χ0) is 13.6. The Labute approximate surface area is 109 Å². The lowest BCUT2D eigenvalue weighted by Gasteiger charge is -2.14. The number of nitrogen functional groups attached to an aromatic ring is 1. The van der Waals surface area contributed by atoms with Crippen molar-refractivity contribution < 1.29 is 9.59 Å². The van der Waals surface area contributed by atoms with E-state index < -0.39 is 0 Å². The number of aryl methyl sites for hydroxylation is 1. The summed E-state index contributed by atoms with van der Waals surface area (Å²) in [7, 11) is 0. The number of hydrogen-bond donors (Lipinski definition) is 1. The summed E-state index contributed by atoms with van der Waals surface area (Å²) in [6.45, 7) is 1.87. The molecular weight excluding hydrogens is 242 g/mol. The maximum Gasteiger partial charge on any atom is 0.267 e. The minimum atomic E-state index is -0.384. The predicted octanol–water partition coefficient (Wildman–Crippen LogP) is 1.77. The predicted molar refractivity (Wildman–Crippen MR) is 71.0 cm³/mol. The number of amides is 2. The molecule has 3 rings (SSSR count). The molecule has 0 unspecified atom stereocenters. The van der Waals surface area contributed by atoms with Gasteiger partial charge in [0.05, 0.1) is 16.8 Å². The number of anilines is 2. The van der Waals surface area contributed by atoms with Crippen molar-refractivity contribution in [3.05, 3.63) is 53.2 Å². The summed E-state index contributed by atoms with van der Waals surface area (Å²) < 4.78 is 0. The Morgan fingerprint density at radius 2 is 1.84 bits per heavy atom. The van der Waals surface area contributed by atoms with Crippen LogP contribution in [0.1, 0.15) is 26.3 Å². The molecule has 0 aliphatic carbocycles. The maximum atomic E-state index is 12.3. The Bertz CT molecular complexity index is 710. The van der Waals surface area contributed by atoms with E-state index in [-0.39, 0.29) is 17.6 Å². The molecule has 0 radical (unpaired) electrons. The van der Waals surface area contributed by atoms with E-state index in [0.717, 1.165) is 10.5 Å². The monoisotopic (exact) mass is 253 g/mol. The quantitative estimate of drug-likeness (QED) is 0.786. The molecule has 0 fully saturated rings. The van der Waals surface area contributed by atoms with Gasteiger partial charge in [0.2, 0.25) is 0 Å². The van der Waals surface area contributed by atoms with Crippen molar-refractivity contribution in [3.8, 4) is 0 Å². The Kier molecular flexibility index (Phi) is 2.35. The van der Waals surface area contributed by atoms with Gasteiger partial charge >= 0.3 is 0 Å². The largest absolute Gasteiger partial charge is 0.396 e. The van der Waals surface area contributed by atoms with E-state index in [1.807, 2.05) is 6.92 Å². The van der Waals surface area contributed by atoms with Gasteiger partial charge in [-0.05, 0) is 31.2 Å². The van der Waals surface area contributed by atoms with Gasteiger partial charge in [0, 0.05) is 6.20 Å². The standard InChI is InChI=1S/C14H11N3O2/c1-8-4-5-9-10(7-8)14(19)17(13(9)18)12-11(15)3-2-6-16-12/h2-7H,15H2,1H3. The minimum absolute atomic E-state index is 0.186. The van der Waals surface area contributed by atoms with Crippen molar-refractivity contribution in [3.63, 3.8) is 0 Å². The van der Waals surface area contributed by atoms with E-state index in [1.54, 1.807) is 30.3 Å². The van der Waals surface area contributed by atoms with E-state index >= 15 is 0 Å². The molecule has 5 heteroatoms. The average molecular weight is 253 g/mol. The number of aromatic nitrogens is 1. The first kappa shape index (κ1) is 11.4. The topological polar surface area (TPSA) is 76.3 Å². The number of hydrogen-bond acceptors (Lipinski definition) is 4. The molecule has 1 aliphatic heterocycles. The van der Waals surface area contributed by atoms with Gasteiger partial charge in [0.15, 0.2) is 5.82 Å². The van der Waals surface area contributed by atoms with Crippen LogP contribution in [0, 0.1) is 6.92 Å². The van der Waals surface area contributed by atoms with Gasteiger partial charge in [-0.25, -0.2) is 9.88 Å². The fourth-order valence-electron chi connectivity index (χ4n) is 2.14. The molecule has 0 spiro atoms. The van der Waals surface area contributed by atoms with Crippen LogP contribution >= 0.6 is 0 Å². The van der Waals surface area contributed by atoms with Crippen LogP contribution in [0.5, 0.6) is 0 Å². The lowest BCUT2D eigenvalue weighted by Crippen LogP contribution is -2.30. The molecule has 1 aliphatic rings. The smallest absolute Gasteiger partial charge is 0.267 e. The molecular formula is C14H11N3O2. The van der Waals surface area contributed by atoms with Crippen LogP contribution in [0.2, 0.25) is 0 Å². The number of pyridine rings is 1. The van der Waals surface area contributed by atoms with Crippen molar-refractivity contribution in [1.29, 1.82) is 0 Å². The fraction of sp³-hybridized carbons (Fsp3) is 0.0714. The van der Waals surface area contributed by atoms with Crippen LogP contribution < -0.4 is 10.6 Å². The minimum Gasteiger partial charge on any atom is -0.396 e. The van der Waals surface area contributed by atoms with Crippen molar-refractivity contribution in [2.75, 3.05) is 10.6 Å². The highest BCUT2D eigenvalue weighted by atomic mass is 16.2. The van der Waals surface area contributed by atoms with Gasteiger partial charge in [0.1, 0.15) is 0 Å². The van der Waals surface area contributed by atoms with Crippen molar-refractivity contribution in [1.82, 2.24) is 4.98 Å². The van der Waals surface area contributed by atoms with Crippen LogP contribution in [0.25, 0.3) is 0 Å². The number of carbonyl (C=O) groups is 2. The summed E-state index contributed by atoms with van der Waals surface area (Å²) in [5.41, 5.74) is 7.80. The molecule has 2 heterocycles. The van der Waals surface area contributed by atoms with Crippen molar-refractivity contribution in [2.45, 2.75) is 6.92 Å². The van der Waals surface area contributed by atoms with Gasteiger partial charge in [-0.2, -0.15) is 0 Å². The lowest BCUT2D eigenvalue weighted by atomic mass is 10.1. The number of nitrogens with two attached hydrogens (primary N) is 1. The Morgan fingerprint density at radius 1 is 1.11 bits per heavy atom. The first-order chi connectivity index (χ1) is 9.09. The fourth-order valence-corrected chi connectivity index (χ4v) is 2.14. The zero-order valence-corrected chi connectivity index (χ0v) is 10.3. The van der Waals surface area contributed by atoms with Gasteiger partial charge in [-0.3, -0.25) is 9.59 Å². The third-order valence-corrected chi connectivity index (χ3v) is 3.07. The van der Waals surface area contributed by atoms with E-state index in [2.05, 4.69) is 4.98 Å².